The Kier molecular flexibility index (Phi) is 5.59. The van der Waals surface area contributed by atoms with Crippen molar-refractivity contribution in [3.8, 4) is 0 Å². The quantitative estimate of drug-likeness (QED) is 0.886. The Balaban J connectivity index is 2.20. The number of benzene rings is 2. The number of hydrogen-bond acceptors (Lipinski definition) is 2. The lowest BCUT2D eigenvalue weighted by Crippen LogP contribution is -2.26. The molecule has 0 amide bonds. The molecule has 0 bridgehead atoms. The first kappa shape index (κ1) is 15.8. The molecule has 2 aromatic carbocycles. The third-order valence-electron chi connectivity index (χ3n) is 3.11. The predicted octanol–water partition coefficient (Wildman–Crippen LogP) is 3.42. The van der Waals surface area contributed by atoms with Crippen LogP contribution in [0.3, 0.4) is 0 Å². The van der Waals surface area contributed by atoms with Crippen LogP contribution in [0.1, 0.15) is 18.5 Å². The molecule has 21 heavy (non-hydrogen) atoms. The third kappa shape index (κ3) is 4.19. The number of rotatable bonds is 6. The van der Waals surface area contributed by atoms with Gasteiger partial charge in [-0.05, 0) is 30.3 Å². The largest absolute Gasteiger partial charge is 0.309 e. The van der Waals surface area contributed by atoms with Gasteiger partial charge in [-0.1, -0.05) is 37.3 Å². The molecule has 0 saturated carbocycles. The molecule has 112 valence electrons. The molecule has 2 unspecified atom stereocenters. The highest BCUT2D eigenvalue weighted by Crippen LogP contribution is 2.20. The third-order valence-corrected chi connectivity index (χ3v) is 4.55. The molecule has 2 nitrogen and oxygen atoms in total. The number of hydrogen-bond donors (Lipinski definition) is 1. The second-order valence-corrected chi connectivity index (χ2v) is 6.07. The minimum Gasteiger partial charge on any atom is -0.309 e. The summed E-state index contributed by atoms with van der Waals surface area (Å²) in [5.74, 6) is -1.03. The molecule has 2 atom stereocenters. The van der Waals surface area contributed by atoms with Crippen LogP contribution in [0.5, 0.6) is 0 Å². The number of halogens is 2. The molecular weight excluding hydrogens is 292 g/mol. The Morgan fingerprint density at radius 2 is 1.86 bits per heavy atom. The van der Waals surface area contributed by atoms with E-state index >= 15 is 0 Å². The van der Waals surface area contributed by atoms with Gasteiger partial charge in [0.1, 0.15) is 11.6 Å². The van der Waals surface area contributed by atoms with Crippen LogP contribution in [0.15, 0.2) is 53.4 Å². The summed E-state index contributed by atoms with van der Waals surface area (Å²) in [7, 11) is -1.61. The Morgan fingerprint density at radius 1 is 1.14 bits per heavy atom. The summed E-state index contributed by atoms with van der Waals surface area (Å²) in [6.07, 6.45) is 0. The average Bonchev–Trinajstić information content (AvgIpc) is 2.50. The molecule has 0 spiro atoms. The van der Waals surface area contributed by atoms with Crippen LogP contribution in [0.25, 0.3) is 0 Å². The Hall–Kier alpha value is -1.59. The van der Waals surface area contributed by atoms with Gasteiger partial charge in [-0.3, -0.25) is 4.21 Å². The lowest BCUT2D eigenvalue weighted by molar-refractivity contribution is 0.566. The van der Waals surface area contributed by atoms with Gasteiger partial charge in [0.2, 0.25) is 0 Å². The van der Waals surface area contributed by atoms with Crippen molar-refractivity contribution in [3.05, 3.63) is 65.7 Å². The molecule has 2 aromatic rings. The molecule has 0 aliphatic rings. The van der Waals surface area contributed by atoms with Crippen molar-refractivity contribution in [3.63, 3.8) is 0 Å². The monoisotopic (exact) mass is 309 g/mol. The van der Waals surface area contributed by atoms with Crippen molar-refractivity contribution < 1.29 is 13.0 Å². The van der Waals surface area contributed by atoms with Crippen LogP contribution in [0.2, 0.25) is 0 Å². The van der Waals surface area contributed by atoms with E-state index in [0.29, 0.717) is 6.54 Å². The van der Waals surface area contributed by atoms with Gasteiger partial charge in [0.05, 0.1) is 15.7 Å². The Labute approximate surface area is 125 Å². The van der Waals surface area contributed by atoms with E-state index < -0.39 is 22.4 Å². The van der Waals surface area contributed by atoms with E-state index in [1.165, 1.54) is 0 Å². The SMILES string of the molecule is CCNC(CS(=O)c1cc(F)ccc1F)c1ccccc1. The molecule has 0 aliphatic heterocycles. The number of nitrogens with one attached hydrogen (secondary N) is 1. The van der Waals surface area contributed by atoms with Gasteiger partial charge >= 0.3 is 0 Å². The van der Waals surface area contributed by atoms with Gasteiger partial charge in [0, 0.05) is 11.8 Å². The highest BCUT2D eigenvalue weighted by Gasteiger charge is 2.18. The first-order valence-corrected chi connectivity index (χ1v) is 8.05. The average molecular weight is 309 g/mol. The summed E-state index contributed by atoms with van der Waals surface area (Å²) in [6, 6.07) is 12.4. The molecule has 1 N–H and O–H groups in total. The van der Waals surface area contributed by atoms with Crippen LogP contribution in [0, 0.1) is 11.6 Å². The molecular formula is C16H17F2NOS. The molecule has 0 fully saturated rings. The van der Waals surface area contributed by atoms with E-state index in [-0.39, 0.29) is 16.7 Å². The van der Waals surface area contributed by atoms with Gasteiger partial charge in [-0.2, -0.15) is 0 Å². The summed E-state index contributed by atoms with van der Waals surface area (Å²) < 4.78 is 39.2. The molecule has 5 heteroatoms. The first-order chi connectivity index (χ1) is 10.1. The summed E-state index contributed by atoms with van der Waals surface area (Å²) in [4.78, 5) is -0.0890. The van der Waals surface area contributed by atoms with E-state index in [1.54, 1.807) is 0 Å². The lowest BCUT2D eigenvalue weighted by atomic mass is 10.1. The fraction of sp³-hybridized carbons (Fsp3) is 0.250. The minimum absolute atomic E-state index is 0.0890. The second-order valence-electron chi connectivity index (χ2n) is 4.61. The Morgan fingerprint density at radius 3 is 2.52 bits per heavy atom. The zero-order chi connectivity index (χ0) is 15.2. The van der Waals surface area contributed by atoms with Crippen LogP contribution in [-0.4, -0.2) is 16.5 Å². The van der Waals surface area contributed by atoms with E-state index in [2.05, 4.69) is 5.32 Å². The van der Waals surface area contributed by atoms with Crippen molar-refractivity contribution >= 4 is 10.8 Å². The first-order valence-electron chi connectivity index (χ1n) is 6.73. The minimum atomic E-state index is -1.61. The van der Waals surface area contributed by atoms with Crippen molar-refractivity contribution in [2.24, 2.45) is 0 Å². The fourth-order valence-electron chi connectivity index (χ4n) is 2.10. The normalized spacial score (nSPS) is 13.9. The van der Waals surface area contributed by atoms with Gasteiger partial charge < -0.3 is 5.32 Å². The maximum absolute atomic E-state index is 13.7. The molecule has 0 heterocycles. The summed E-state index contributed by atoms with van der Waals surface area (Å²) in [6.45, 7) is 2.64. The van der Waals surface area contributed by atoms with Crippen molar-refractivity contribution in [2.45, 2.75) is 17.9 Å². The summed E-state index contributed by atoms with van der Waals surface area (Å²) >= 11 is 0. The van der Waals surface area contributed by atoms with Crippen LogP contribution < -0.4 is 5.32 Å². The van der Waals surface area contributed by atoms with Crippen molar-refractivity contribution in [1.82, 2.24) is 5.32 Å². The van der Waals surface area contributed by atoms with Crippen LogP contribution in [0.4, 0.5) is 8.78 Å². The van der Waals surface area contributed by atoms with Crippen molar-refractivity contribution in [1.29, 1.82) is 0 Å². The van der Waals surface area contributed by atoms with Gasteiger partial charge in [-0.15, -0.1) is 0 Å². The van der Waals surface area contributed by atoms with E-state index in [4.69, 9.17) is 0 Å². The highest BCUT2D eigenvalue weighted by atomic mass is 32.2. The zero-order valence-corrected chi connectivity index (χ0v) is 12.5. The smallest absolute Gasteiger partial charge is 0.139 e. The summed E-state index contributed by atoms with van der Waals surface area (Å²) in [5, 5.41) is 3.22. The second kappa shape index (κ2) is 7.43. The van der Waals surface area contributed by atoms with Gasteiger partial charge in [0.25, 0.3) is 0 Å². The maximum Gasteiger partial charge on any atom is 0.139 e. The molecule has 0 aliphatic carbocycles. The molecule has 0 radical (unpaired) electrons. The topological polar surface area (TPSA) is 29.1 Å². The van der Waals surface area contributed by atoms with Crippen LogP contribution in [-0.2, 0) is 10.8 Å². The molecule has 0 saturated heterocycles. The predicted molar refractivity (Wildman–Crippen MR) is 80.5 cm³/mol. The molecule has 0 aromatic heterocycles. The van der Waals surface area contributed by atoms with Gasteiger partial charge in [-0.25, -0.2) is 8.78 Å². The maximum atomic E-state index is 13.7. The van der Waals surface area contributed by atoms with E-state index in [0.717, 1.165) is 23.8 Å². The zero-order valence-electron chi connectivity index (χ0n) is 11.7. The van der Waals surface area contributed by atoms with E-state index in [9.17, 15) is 13.0 Å². The standard InChI is InChI=1S/C16H17F2NOS/c1-2-19-15(12-6-4-3-5-7-12)11-21(20)16-10-13(17)8-9-14(16)18/h3-10,15,19H,2,11H2,1H3. The fourth-order valence-corrected chi connectivity index (χ4v) is 3.42. The van der Waals surface area contributed by atoms with Crippen LogP contribution >= 0.6 is 0 Å². The van der Waals surface area contributed by atoms with Gasteiger partial charge in [0.15, 0.2) is 0 Å². The lowest BCUT2D eigenvalue weighted by Gasteiger charge is -2.18. The Bertz CT molecular complexity index is 619. The molecule has 2 rings (SSSR count). The highest BCUT2D eigenvalue weighted by molar-refractivity contribution is 7.85. The van der Waals surface area contributed by atoms with Crippen molar-refractivity contribution in [2.75, 3.05) is 12.3 Å². The summed E-state index contributed by atoms with van der Waals surface area (Å²) in [5.41, 5.74) is 0.976. The van der Waals surface area contributed by atoms with E-state index in [1.807, 2.05) is 37.3 Å².